The SMILES string of the molecule is O=C([O-])c1cc(Br)cc2c3c([nH]c12)CCCC3. The first-order valence-corrected chi connectivity index (χ1v) is 6.50. The first-order chi connectivity index (χ1) is 8.16. The summed E-state index contributed by atoms with van der Waals surface area (Å²) in [6.45, 7) is 0. The number of benzene rings is 1. The number of aromatic carboxylic acids is 1. The largest absolute Gasteiger partial charge is 0.545 e. The van der Waals surface area contributed by atoms with Crippen LogP contribution in [0.1, 0.15) is 34.5 Å². The van der Waals surface area contributed by atoms with E-state index < -0.39 is 5.97 Å². The van der Waals surface area contributed by atoms with Crippen LogP contribution < -0.4 is 5.11 Å². The van der Waals surface area contributed by atoms with Crippen LogP contribution in [-0.2, 0) is 12.8 Å². The average Bonchev–Trinajstić information content (AvgIpc) is 2.66. The summed E-state index contributed by atoms with van der Waals surface area (Å²) in [4.78, 5) is 14.4. The molecule has 0 aliphatic heterocycles. The van der Waals surface area contributed by atoms with Gasteiger partial charge in [-0.2, -0.15) is 0 Å². The minimum Gasteiger partial charge on any atom is -0.545 e. The van der Waals surface area contributed by atoms with E-state index in [1.54, 1.807) is 6.07 Å². The molecule has 4 heteroatoms. The smallest absolute Gasteiger partial charge is 0.0736 e. The Bertz CT molecular complexity index is 615. The lowest BCUT2D eigenvalue weighted by molar-refractivity contribution is -0.254. The molecule has 3 rings (SSSR count). The number of rotatable bonds is 1. The predicted molar refractivity (Wildman–Crippen MR) is 67.0 cm³/mol. The van der Waals surface area contributed by atoms with E-state index in [9.17, 15) is 9.90 Å². The maximum Gasteiger partial charge on any atom is 0.0736 e. The number of aromatic amines is 1. The topological polar surface area (TPSA) is 55.9 Å². The molecular weight excluding hydrogens is 282 g/mol. The van der Waals surface area contributed by atoms with Crippen molar-refractivity contribution in [3.05, 3.63) is 33.4 Å². The van der Waals surface area contributed by atoms with Gasteiger partial charge in [0.2, 0.25) is 0 Å². The van der Waals surface area contributed by atoms with Gasteiger partial charge < -0.3 is 14.9 Å². The molecule has 1 aliphatic carbocycles. The number of aryl methyl sites for hydroxylation is 2. The standard InChI is InChI=1S/C13H12BrNO2/c14-7-5-9-8-3-1-2-4-11(8)15-12(9)10(6-7)13(16)17/h5-6,15H,1-4H2,(H,16,17)/p-1. The maximum absolute atomic E-state index is 11.1. The molecule has 0 fully saturated rings. The third-order valence-electron chi connectivity index (χ3n) is 3.39. The zero-order chi connectivity index (χ0) is 12.0. The van der Waals surface area contributed by atoms with Gasteiger partial charge in [-0.15, -0.1) is 0 Å². The normalized spacial score (nSPS) is 14.9. The van der Waals surface area contributed by atoms with Crippen molar-refractivity contribution in [2.75, 3.05) is 0 Å². The Kier molecular flexibility index (Phi) is 2.47. The summed E-state index contributed by atoms with van der Waals surface area (Å²) in [7, 11) is 0. The number of carboxylic acid groups (broad SMARTS) is 1. The van der Waals surface area contributed by atoms with Gasteiger partial charge in [-0.3, -0.25) is 0 Å². The van der Waals surface area contributed by atoms with Crippen molar-refractivity contribution >= 4 is 32.8 Å². The zero-order valence-electron chi connectivity index (χ0n) is 9.18. The molecule has 0 saturated heterocycles. The molecule has 1 aromatic carbocycles. The molecule has 3 nitrogen and oxygen atoms in total. The highest BCUT2D eigenvalue weighted by Crippen LogP contribution is 2.32. The monoisotopic (exact) mass is 292 g/mol. The number of halogens is 1. The number of carbonyl (C=O) groups is 1. The molecule has 1 aliphatic rings. The number of hydrogen-bond acceptors (Lipinski definition) is 2. The van der Waals surface area contributed by atoms with Gasteiger partial charge in [-0.1, -0.05) is 15.9 Å². The van der Waals surface area contributed by atoms with E-state index in [1.165, 1.54) is 24.1 Å². The summed E-state index contributed by atoms with van der Waals surface area (Å²) in [5.74, 6) is -1.13. The number of hydrogen-bond donors (Lipinski definition) is 1. The number of carboxylic acids is 1. The Hall–Kier alpha value is -1.29. The first-order valence-electron chi connectivity index (χ1n) is 5.71. The van der Waals surface area contributed by atoms with Gasteiger partial charge in [-0.25, -0.2) is 0 Å². The summed E-state index contributed by atoms with van der Waals surface area (Å²) < 4.78 is 0.788. The zero-order valence-corrected chi connectivity index (χ0v) is 10.8. The molecule has 0 amide bonds. The highest BCUT2D eigenvalue weighted by Gasteiger charge is 2.17. The van der Waals surface area contributed by atoms with Gasteiger partial charge in [-0.05, 0) is 43.4 Å². The Balaban J connectivity index is 2.36. The van der Waals surface area contributed by atoms with Crippen molar-refractivity contribution in [3.8, 4) is 0 Å². The van der Waals surface area contributed by atoms with Crippen LogP contribution in [0.3, 0.4) is 0 Å². The fourth-order valence-corrected chi connectivity index (χ4v) is 3.09. The third kappa shape index (κ3) is 1.67. The van der Waals surface area contributed by atoms with Crippen LogP contribution in [0, 0.1) is 0 Å². The van der Waals surface area contributed by atoms with Crippen LogP contribution >= 0.6 is 15.9 Å². The van der Waals surface area contributed by atoms with Crippen molar-refractivity contribution in [3.63, 3.8) is 0 Å². The number of aromatic nitrogens is 1. The molecule has 17 heavy (non-hydrogen) atoms. The lowest BCUT2D eigenvalue weighted by Gasteiger charge is -2.10. The molecule has 0 atom stereocenters. The van der Waals surface area contributed by atoms with Crippen LogP contribution in [-0.4, -0.2) is 11.0 Å². The Labute approximate surface area is 107 Å². The van der Waals surface area contributed by atoms with Gasteiger partial charge in [0.25, 0.3) is 0 Å². The van der Waals surface area contributed by atoms with Gasteiger partial charge >= 0.3 is 0 Å². The molecular formula is C13H11BrNO2-. The average molecular weight is 293 g/mol. The summed E-state index contributed by atoms with van der Waals surface area (Å²) in [6.07, 6.45) is 4.38. The second kappa shape index (κ2) is 3.88. The van der Waals surface area contributed by atoms with Crippen molar-refractivity contribution < 1.29 is 9.90 Å². The Morgan fingerprint density at radius 1 is 1.29 bits per heavy atom. The van der Waals surface area contributed by atoms with E-state index in [2.05, 4.69) is 20.9 Å². The van der Waals surface area contributed by atoms with E-state index in [0.29, 0.717) is 5.52 Å². The maximum atomic E-state index is 11.1. The Morgan fingerprint density at radius 2 is 2.06 bits per heavy atom. The third-order valence-corrected chi connectivity index (χ3v) is 3.85. The predicted octanol–water partition coefficient (Wildman–Crippen LogP) is 2.17. The minimum atomic E-state index is -1.13. The fraction of sp³-hybridized carbons (Fsp3) is 0.308. The van der Waals surface area contributed by atoms with E-state index in [1.807, 2.05) is 6.07 Å². The highest BCUT2D eigenvalue weighted by atomic mass is 79.9. The molecule has 0 unspecified atom stereocenters. The minimum absolute atomic E-state index is 0.240. The van der Waals surface area contributed by atoms with Crippen LogP contribution in [0.5, 0.6) is 0 Å². The lowest BCUT2D eigenvalue weighted by atomic mass is 9.95. The summed E-state index contributed by atoms with van der Waals surface area (Å²) in [5, 5.41) is 12.1. The Morgan fingerprint density at radius 3 is 2.82 bits per heavy atom. The highest BCUT2D eigenvalue weighted by molar-refractivity contribution is 9.10. The second-order valence-corrected chi connectivity index (χ2v) is 5.37. The second-order valence-electron chi connectivity index (χ2n) is 4.45. The number of carbonyl (C=O) groups excluding carboxylic acids is 1. The molecule has 1 heterocycles. The molecule has 1 N–H and O–H groups in total. The van der Waals surface area contributed by atoms with E-state index in [4.69, 9.17) is 0 Å². The van der Waals surface area contributed by atoms with Crippen molar-refractivity contribution in [2.24, 2.45) is 0 Å². The van der Waals surface area contributed by atoms with Gasteiger partial charge in [0, 0.05) is 21.1 Å². The molecule has 88 valence electrons. The van der Waals surface area contributed by atoms with Crippen molar-refractivity contribution in [1.82, 2.24) is 4.98 Å². The van der Waals surface area contributed by atoms with Crippen molar-refractivity contribution in [1.29, 1.82) is 0 Å². The van der Waals surface area contributed by atoms with Crippen molar-refractivity contribution in [2.45, 2.75) is 25.7 Å². The number of nitrogens with one attached hydrogen (secondary N) is 1. The molecule has 0 radical (unpaired) electrons. The molecule has 2 aromatic rings. The first kappa shape index (κ1) is 10.8. The summed E-state index contributed by atoms with van der Waals surface area (Å²) in [6, 6.07) is 3.59. The van der Waals surface area contributed by atoms with Gasteiger partial charge in [0.15, 0.2) is 0 Å². The molecule has 0 spiro atoms. The molecule has 0 saturated carbocycles. The van der Waals surface area contributed by atoms with E-state index >= 15 is 0 Å². The van der Waals surface area contributed by atoms with Crippen LogP contribution in [0.15, 0.2) is 16.6 Å². The molecule has 1 aromatic heterocycles. The summed E-state index contributed by atoms with van der Waals surface area (Å²) >= 11 is 3.36. The summed E-state index contributed by atoms with van der Waals surface area (Å²) in [5.41, 5.74) is 3.41. The molecule has 0 bridgehead atoms. The van der Waals surface area contributed by atoms with Crippen LogP contribution in [0.4, 0.5) is 0 Å². The van der Waals surface area contributed by atoms with Gasteiger partial charge in [0.1, 0.15) is 0 Å². The van der Waals surface area contributed by atoms with E-state index in [0.717, 1.165) is 22.7 Å². The van der Waals surface area contributed by atoms with Crippen LogP contribution in [0.25, 0.3) is 10.9 Å². The fourth-order valence-electron chi connectivity index (χ4n) is 2.63. The quantitative estimate of drug-likeness (QED) is 0.876. The van der Waals surface area contributed by atoms with E-state index in [-0.39, 0.29) is 5.56 Å². The number of fused-ring (bicyclic) bond motifs is 3. The van der Waals surface area contributed by atoms with Crippen LogP contribution in [0.2, 0.25) is 0 Å². The van der Waals surface area contributed by atoms with Gasteiger partial charge in [0.05, 0.1) is 11.5 Å². The lowest BCUT2D eigenvalue weighted by Crippen LogP contribution is -2.22. The number of H-pyrrole nitrogens is 1.